The van der Waals surface area contributed by atoms with Crippen molar-refractivity contribution in [1.82, 2.24) is 9.88 Å². The first-order valence-corrected chi connectivity index (χ1v) is 10.5. The Morgan fingerprint density at radius 3 is 2.42 bits per heavy atom. The maximum Gasteiger partial charge on any atom is 0.318 e. The van der Waals surface area contributed by atoms with Crippen molar-refractivity contribution in [1.29, 1.82) is 0 Å². The third kappa shape index (κ3) is 6.35. The van der Waals surface area contributed by atoms with Crippen LogP contribution in [0.3, 0.4) is 0 Å². The lowest BCUT2D eigenvalue weighted by molar-refractivity contribution is -0.384. The van der Waals surface area contributed by atoms with Gasteiger partial charge in [-0.15, -0.1) is 11.3 Å². The van der Waals surface area contributed by atoms with Gasteiger partial charge in [-0.3, -0.25) is 34.4 Å². The molecule has 0 saturated carbocycles. The highest BCUT2D eigenvalue weighted by atomic mass is 32.1. The van der Waals surface area contributed by atoms with Gasteiger partial charge in [0, 0.05) is 31.7 Å². The molecule has 3 amide bonds. The molecule has 0 unspecified atom stereocenters. The second-order valence-electron chi connectivity index (χ2n) is 8.41. The van der Waals surface area contributed by atoms with Crippen LogP contribution in [0.5, 0.6) is 0 Å². The number of nitrogens with zero attached hydrogens (tertiary/aromatic N) is 3. The SMILES string of the molecule is CN(C)c1ccc(/C=c2/s/c(=C/C(=O)C(C)(C)C)n(CC(=O)NC(N)=O)c2=O)cc1[N+](=O)[O-]. The summed E-state index contributed by atoms with van der Waals surface area (Å²) in [5.41, 5.74) is 4.29. The van der Waals surface area contributed by atoms with Crippen LogP contribution < -0.4 is 30.7 Å². The number of aromatic nitrogens is 1. The molecule has 0 radical (unpaired) electrons. The number of anilines is 1. The number of hydrogen-bond acceptors (Lipinski definition) is 8. The van der Waals surface area contributed by atoms with Crippen molar-refractivity contribution >= 4 is 52.6 Å². The van der Waals surface area contributed by atoms with Crippen molar-refractivity contribution in [3.05, 3.63) is 53.4 Å². The molecule has 1 aromatic carbocycles. The number of benzene rings is 1. The van der Waals surface area contributed by atoms with E-state index in [9.17, 15) is 29.3 Å². The molecule has 12 heteroatoms. The van der Waals surface area contributed by atoms with E-state index in [1.807, 2.05) is 5.32 Å². The van der Waals surface area contributed by atoms with E-state index in [2.05, 4.69) is 0 Å². The summed E-state index contributed by atoms with van der Waals surface area (Å²) in [6.45, 7) is 4.59. The maximum absolute atomic E-state index is 13.0. The number of nitrogens with two attached hydrogens (primary N) is 1. The predicted octanol–water partition coefficient (Wildman–Crippen LogP) is 0.303. The minimum Gasteiger partial charge on any atom is -0.372 e. The van der Waals surface area contributed by atoms with Gasteiger partial charge >= 0.3 is 6.03 Å². The molecular formula is C21H25N5O6S. The van der Waals surface area contributed by atoms with E-state index in [1.165, 1.54) is 18.2 Å². The Morgan fingerprint density at radius 2 is 1.91 bits per heavy atom. The lowest BCUT2D eigenvalue weighted by Crippen LogP contribution is -2.42. The lowest BCUT2D eigenvalue weighted by Gasteiger charge is -2.12. The zero-order valence-electron chi connectivity index (χ0n) is 18.9. The van der Waals surface area contributed by atoms with E-state index in [0.29, 0.717) is 11.3 Å². The van der Waals surface area contributed by atoms with Gasteiger partial charge in [0.1, 0.15) is 16.9 Å². The number of nitro groups is 1. The summed E-state index contributed by atoms with van der Waals surface area (Å²) in [5.74, 6) is -1.09. The molecule has 0 aliphatic heterocycles. The fourth-order valence-corrected chi connectivity index (χ4v) is 3.79. The van der Waals surface area contributed by atoms with Crippen molar-refractivity contribution in [2.75, 3.05) is 19.0 Å². The molecule has 0 aliphatic rings. The van der Waals surface area contributed by atoms with Gasteiger partial charge in [-0.05, 0) is 17.7 Å². The van der Waals surface area contributed by atoms with Gasteiger partial charge in [-0.2, -0.15) is 0 Å². The van der Waals surface area contributed by atoms with Crippen LogP contribution in [0.1, 0.15) is 26.3 Å². The molecule has 1 heterocycles. The quantitative estimate of drug-likeness (QED) is 0.449. The van der Waals surface area contributed by atoms with E-state index in [0.717, 1.165) is 15.9 Å². The third-order valence-electron chi connectivity index (χ3n) is 4.47. The largest absolute Gasteiger partial charge is 0.372 e. The minimum absolute atomic E-state index is 0.138. The van der Waals surface area contributed by atoms with Crippen LogP contribution in [0, 0.1) is 15.5 Å². The Bertz CT molecular complexity index is 1300. The number of urea groups is 1. The average molecular weight is 476 g/mol. The smallest absolute Gasteiger partial charge is 0.318 e. The first kappa shape index (κ1) is 25.5. The average Bonchev–Trinajstić information content (AvgIpc) is 2.95. The summed E-state index contributed by atoms with van der Waals surface area (Å²) < 4.78 is 1.41. The number of Topliss-reactive ketones (excluding diaryl/α,β-unsaturated/α-hetero) is 1. The van der Waals surface area contributed by atoms with Crippen molar-refractivity contribution in [2.45, 2.75) is 27.3 Å². The number of thiazole rings is 1. The first-order valence-electron chi connectivity index (χ1n) is 9.73. The molecule has 0 bridgehead atoms. The molecule has 33 heavy (non-hydrogen) atoms. The molecule has 0 spiro atoms. The molecule has 0 atom stereocenters. The number of nitrogens with one attached hydrogen (secondary N) is 1. The fraction of sp³-hybridized carbons (Fsp3) is 0.333. The van der Waals surface area contributed by atoms with Crippen LogP contribution in [0.2, 0.25) is 0 Å². The molecule has 176 valence electrons. The van der Waals surface area contributed by atoms with E-state index in [1.54, 1.807) is 51.9 Å². The molecule has 0 fully saturated rings. The normalized spacial score (nSPS) is 12.5. The molecule has 11 nitrogen and oxygen atoms in total. The Balaban J connectivity index is 2.71. The third-order valence-corrected chi connectivity index (χ3v) is 5.53. The summed E-state index contributed by atoms with van der Waals surface area (Å²) in [6.07, 6.45) is 2.71. The molecule has 2 aromatic rings. The second-order valence-corrected chi connectivity index (χ2v) is 9.47. The van der Waals surface area contributed by atoms with Crippen LogP contribution in [0.25, 0.3) is 12.2 Å². The Hall–Kier alpha value is -3.80. The molecule has 1 aromatic heterocycles. The molecule has 0 saturated heterocycles. The molecular weight excluding hydrogens is 450 g/mol. The summed E-state index contributed by atoms with van der Waals surface area (Å²) >= 11 is 0.953. The summed E-state index contributed by atoms with van der Waals surface area (Å²) in [6, 6.07) is 3.45. The number of rotatable bonds is 6. The minimum atomic E-state index is -1.07. The van der Waals surface area contributed by atoms with Gasteiger partial charge in [0.25, 0.3) is 11.2 Å². The number of carbonyl (C=O) groups excluding carboxylic acids is 3. The molecule has 0 aliphatic carbocycles. The summed E-state index contributed by atoms with van der Waals surface area (Å²) in [7, 11) is 3.35. The number of amides is 3. The van der Waals surface area contributed by atoms with E-state index in [4.69, 9.17) is 5.73 Å². The monoisotopic (exact) mass is 475 g/mol. The van der Waals surface area contributed by atoms with Gasteiger partial charge in [0.05, 0.1) is 9.46 Å². The number of hydrogen-bond donors (Lipinski definition) is 2. The highest BCUT2D eigenvalue weighted by molar-refractivity contribution is 7.07. The number of imide groups is 1. The van der Waals surface area contributed by atoms with Crippen molar-refractivity contribution in [2.24, 2.45) is 11.1 Å². The number of primary amides is 1. The van der Waals surface area contributed by atoms with Crippen molar-refractivity contribution < 1.29 is 19.3 Å². The van der Waals surface area contributed by atoms with Crippen LogP contribution in [0.15, 0.2) is 23.0 Å². The predicted molar refractivity (Wildman–Crippen MR) is 125 cm³/mol. The standard InChI is InChI=1S/C21H25N5O6S/c1-21(2,3)16(27)10-18-25(11-17(28)23-20(22)30)19(29)15(33-18)9-12-6-7-13(24(4)5)14(8-12)26(31)32/h6-10H,11H2,1-5H3,(H3,22,23,28,30)/b15-9+,18-10+. The summed E-state index contributed by atoms with van der Waals surface area (Å²) in [5, 5.41) is 13.3. The van der Waals surface area contributed by atoms with Crippen LogP contribution >= 0.6 is 11.3 Å². The Morgan fingerprint density at radius 1 is 1.27 bits per heavy atom. The molecule has 2 rings (SSSR count). The van der Waals surface area contributed by atoms with Crippen molar-refractivity contribution in [3.8, 4) is 0 Å². The maximum atomic E-state index is 13.0. The highest BCUT2D eigenvalue weighted by Gasteiger charge is 2.20. The fourth-order valence-electron chi connectivity index (χ4n) is 2.75. The zero-order valence-corrected chi connectivity index (χ0v) is 19.7. The van der Waals surface area contributed by atoms with E-state index < -0.39 is 34.4 Å². The van der Waals surface area contributed by atoms with Crippen molar-refractivity contribution in [3.63, 3.8) is 0 Å². The van der Waals surface area contributed by atoms with E-state index in [-0.39, 0.29) is 20.7 Å². The number of nitro benzene ring substituents is 1. The van der Waals surface area contributed by atoms with Crippen LogP contribution in [-0.4, -0.2) is 41.3 Å². The van der Waals surface area contributed by atoms with Gasteiger partial charge < -0.3 is 10.6 Å². The lowest BCUT2D eigenvalue weighted by atomic mass is 9.91. The Labute approximate surface area is 193 Å². The second kappa shape index (κ2) is 9.77. The summed E-state index contributed by atoms with van der Waals surface area (Å²) in [4.78, 5) is 61.1. The van der Waals surface area contributed by atoms with E-state index >= 15 is 0 Å². The van der Waals surface area contributed by atoms with Gasteiger partial charge in [-0.25, -0.2) is 4.79 Å². The van der Waals surface area contributed by atoms with Gasteiger partial charge in [-0.1, -0.05) is 26.8 Å². The highest BCUT2D eigenvalue weighted by Crippen LogP contribution is 2.27. The zero-order chi connectivity index (χ0) is 25.1. The number of ketones is 1. The molecule has 3 N–H and O–H groups in total. The Kier molecular flexibility index (Phi) is 7.54. The van der Waals surface area contributed by atoms with Gasteiger partial charge in [0.2, 0.25) is 5.91 Å². The van der Waals surface area contributed by atoms with Crippen LogP contribution in [0.4, 0.5) is 16.2 Å². The number of carbonyl (C=O) groups is 3. The van der Waals surface area contributed by atoms with Gasteiger partial charge in [0.15, 0.2) is 5.78 Å². The first-order chi connectivity index (χ1) is 15.2. The van der Waals surface area contributed by atoms with Crippen LogP contribution in [-0.2, 0) is 16.1 Å². The topological polar surface area (TPSA) is 158 Å².